The van der Waals surface area contributed by atoms with Crippen LogP contribution in [0.25, 0.3) is 0 Å². The second-order valence-electron chi connectivity index (χ2n) is 10.6. The molecule has 2 aliphatic carbocycles. The molecule has 0 spiro atoms. The first kappa shape index (κ1) is 31.2. The maximum atomic E-state index is 13.2. The van der Waals surface area contributed by atoms with E-state index in [0.717, 1.165) is 57.8 Å². The van der Waals surface area contributed by atoms with Gasteiger partial charge in [0, 0.05) is 6.16 Å². The lowest BCUT2D eigenvalue weighted by Crippen LogP contribution is -2.43. The van der Waals surface area contributed by atoms with E-state index in [1.807, 2.05) is 0 Å². The van der Waals surface area contributed by atoms with Crippen molar-refractivity contribution in [1.82, 2.24) is 4.90 Å². The Hall–Kier alpha value is -1.31. The lowest BCUT2D eigenvalue weighted by molar-refractivity contribution is -0.159. The normalized spacial score (nSPS) is 22.8. The van der Waals surface area contributed by atoms with Crippen molar-refractivity contribution in [1.29, 1.82) is 0 Å². The largest absolute Gasteiger partial charge is 0.428 e. The van der Waals surface area contributed by atoms with Gasteiger partial charge in [-0.3, -0.25) is 14.3 Å². The third-order valence-corrected chi connectivity index (χ3v) is 9.55. The summed E-state index contributed by atoms with van der Waals surface area (Å²) in [6.07, 6.45) is 7.78. The minimum Gasteiger partial charge on any atom is -0.428 e. The molecule has 0 aromatic heterocycles. The molecule has 0 saturated heterocycles. The number of ether oxygens (including phenoxy) is 2. The Balaban J connectivity index is 1.63. The van der Waals surface area contributed by atoms with E-state index in [9.17, 15) is 24.2 Å². The van der Waals surface area contributed by atoms with E-state index in [0.29, 0.717) is 40.5 Å². The summed E-state index contributed by atoms with van der Waals surface area (Å²) in [5.74, 6) is -0.000566. The van der Waals surface area contributed by atoms with Crippen LogP contribution in [0.15, 0.2) is 18.2 Å². The molecule has 0 aliphatic heterocycles. The van der Waals surface area contributed by atoms with Crippen LogP contribution in [0.4, 0.5) is 4.79 Å². The topological polar surface area (TPSA) is 113 Å². The lowest BCUT2D eigenvalue weighted by Gasteiger charge is -2.34. The summed E-state index contributed by atoms with van der Waals surface area (Å²) in [6, 6.07) is 4.41. The highest BCUT2D eigenvalue weighted by atomic mass is 35.5. The molecule has 2 saturated carbocycles. The minimum atomic E-state index is -2.51. The van der Waals surface area contributed by atoms with E-state index < -0.39 is 33.2 Å². The van der Waals surface area contributed by atoms with Crippen LogP contribution in [-0.2, 0) is 18.8 Å². The van der Waals surface area contributed by atoms with Crippen molar-refractivity contribution in [2.45, 2.75) is 89.8 Å². The van der Waals surface area contributed by atoms with Crippen LogP contribution in [0.1, 0.15) is 89.2 Å². The molecule has 214 valence electrons. The number of esters is 1. The molecule has 1 aromatic rings. The van der Waals surface area contributed by atoms with Crippen molar-refractivity contribution in [3.8, 4) is 0 Å². The van der Waals surface area contributed by atoms with Gasteiger partial charge in [-0.25, -0.2) is 4.79 Å². The van der Waals surface area contributed by atoms with Crippen molar-refractivity contribution in [2.75, 3.05) is 13.0 Å². The Bertz CT molecular complexity index is 959. The average Bonchev–Trinajstić information content (AvgIpc) is 2.89. The second-order valence-corrected chi connectivity index (χ2v) is 12.6. The molecule has 5 atom stereocenters. The van der Waals surface area contributed by atoms with E-state index in [2.05, 4.69) is 0 Å². The summed E-state index contributed by atoms with van der Waals surface area (Å²) >= 11 is 12.3. The molecule has 2 N–H and O–H groups in total. The summed E-state index contributed by atoms with van der Waals surface area (Å²) in [5, 5.41) is 11.9. The molecule has 3 rings (SSSR count). The molecule has 0 bridgehead atoms. The zero-order valence-electron chi connectivity index (χ0n) is 22.0. The first-order valence-corrected chi connectivity index (χ1v) is 15.9. The number of rotatable bonds is 11. The monoisotopic (exact) mass is 591 g/mol. The van der Waals surface area contributed by atoms with E-state index >= 15 is 0 Å². The zero-order valence-corrected chi connectivity index (χ0v) is 24.5. The number of aliphatic hydroxyl groups is 1. The van der Waals surface area contributed by atoms with Gasteiger partial charge in [0.15, 0.2) is 8.03 Å². The molecular weight excluding hydrogens is 552 g/mol. The van der Waals surface area contributed by atoms with Gasteiger partial charge in [-0.05, 0) is 75.0 Å². The molecule has 2 fully saturated rings. The molecule has 2 aliphatic rings. The fourth-order valence-electron chi connectivity index (χ4n) is 5.76. The fourth-order valence-corrected chi connectivity index (χ4v) is 6.93. The smallest absolute Gasteiger partial charge is 0.415 e. The van der Waals surface area contributed by atoms with Gasteiger partial charge in [0.2, 0.25) is 6.79 Å². The Labute approximate surface area is 235 Å². The molecule has 0 heterocycles. The maximum Gasteiger partial charge on any atom is 0.415 e. The summed E-state index contributed by atoms with van der Waals surface area (Å²) in [6.45, 7) is 1.24. The highest BCUT2D eigenvalue weighted by Gasteiger charge is 2.32. The third kappa shape index (κ3) is 9.41. The van der Waals surface area contributed by atoms with Crippen molar-refractivity contribution >= 4 is 43.3 Å². The number of amides is 1. The average molecular weight is 592 g/mol. The molecule has 4 unspecified atom stereocenters. The Morgan fingerprint density at radius 3 is 2.45 bits per heavy atom. The van der Waals surface area contributed by atoms with Crippen LogP contribution < -0.4 is 0 Å². The summed E-state index contributed by atoms with van der Waals surface area (Å²) in [7, 11) is -2.51. The number of hydrogen-bond acceptors (Lipinski definition) is 6. The van der Waals surface area contributed by atoms with Gasteiger partial charge in [-0.15, -0.1) is 0 Å². The highest BCUT2D eigenvalue weighted by Crippen LogP contribution is 2.37. The standard InChI is InChI=1S/C27H40Cl2NO7P/c1-18(22-11-12-23(28)24(29)15-22)30(27(33)37-17-36-26(32)21-8-3-2-4-9-21)25(31)13-10-19-6-5-7-20(14-19)16-38(34)35/h11-12,15,18-21,25,31,38H,2-10,13-14,16-17H2,1H3,(H,34,35)/t18-,19?,20?,25?/m1/s1. The summed E-state index contributed by atoms with van der Waals surface area (Å²) in [5.41, 5.74) is 0.667. The van der Waals surface area contributed by atoms with Gasteiger partial charge in [0.1, 0.15) is 6.23 Å². The highest BCUT2D eigenvalue weighted by molar-refractivity contribution is 7.38. The Morgan fingerprint density at radius 2 is 1.76 bits per heavy atom. The van der Waals surface area contributed by atoms with Crippen LogP contribution in [-0.4, -0.2) is 46.1 Å². The molecule has 11 heteroatoms. The fraction of sp³-hybridized carbons (Fsp3) is 0.704. The van der Waals surface area contributed by atoms with Gasteiger partial charge in [-0.2, -0.15) is 0 Å². The SMILES string of the molecule is C[C@H](c1ccc(Cl)c(Cl)c1)N(C(=O)OCOC(=O)C1CCCCC1)C(O)CCC1CCCC(C[PH](=O)O)C1. The Kier molecular flexibility index (Phi) is 12.7. The van der Waals surface area contributed by atoms with Gasteiger partial charge >= 0.3 is 12.1 Å². The predicted molar refractivity (Wildman–Crippen MR) is 148 cm³/mol. The van der Waals surface area contributed by atoms with E-state index in [-0.39, 0.29) is 17.8 Å². The van der Waals surface area contributed by atoms with Crippen LogP contribution in [0.5, 0.6) is 0 Å². The van der Waals surface area contributed by atoms with Crippen molar-refractivity contribution in [3.05, 3.63) is 33.8 Å². The number of nitrogens with zero attached hydrogens (tertiary/aromatic N) is 1. The van der Waals surface area contributed by atoms with Crippen molar-refractivity contribution in [2.24, 2.45) is 17.8 Å². The van der Waals surface area contributed by atoms with Gasteiger partial charge in [0.05, 0.1) is 22.0 Å². The number of halogens is 2. The van der Waals surface area contributed by atoms with Gasteiger partial charge in [-0.1, -0.05) is 61.4 Å². The second kappa shape index (κ2) is 15.5. The number of carbonyl (C=O) groups excluding carboxylic acids is 2. The zero-order chi connectivity index (χ0) is 27.7. The first-order valence-electron chi connectivity index (χ1n) is 13.6. The maximum absolute atomic E-state index is 13.2. The number of benzene rings is 1. The summed E-state index contributed by atoms with van der Waals surface area (Å²) < 4.78 is 21.8. The van der Waals surface area contributed by atoms with Crippen LogP contribution in [0.3, 0.4) is 0 Å². The minimum absolute atomic E-state index is 0.164. The molecular formula is C27H40Cl2NO7P. The molecule has 1 aromatic carbocycles. The number of aliphatic hydroxyl groups excluding tert-OH is 1. The molecule has 38 heavy (non-hydrogen) atoms. The Morgan fingerprint density at radius 1 is 1.05 bits per heavy atom. The van der Waals surface area contributed by atoms with Gasteiger partial charge < -0.3 is 19.5 Å². The van der Waals surface area contributed by atoms with Crippen LogP contribution in [0, 0.1) is 17.8 Å². The quantitative estimate of drug-likeness (QED) is 0.163. The van der Waals surface area contributed by atoms with Crippen LogP contribution >= 0.6 is 31.2 Å². The number of carbonyl (C=O) groups is 2. The lowest BCUT2D eigenvalue weighted by atomic mass is 9.80. The molecule has 0 radical (unpaired) electrons. The first-order chi connectivity index (χ1) is 18.2. The van der Waals surface area contributed by atoms with Crippen molar-refractivity contribution < 1.29 is 33.6 Å². The summed E-state index contributed by atoms with van der Waals surface area (Å²) in [4.78, 5) is 36.1. The van der Waals surface area contributed by atoms with Crippen LogP contribution in [0.2, 0.25) is 10.0 Å². The number of hydrogen-bond donors (Lipinski definition) is 2. The van der Waals surface area contributed by atoms with E-state index in [4.69, 9.17) is 32.7 Å². The van der Waals surface area contributed by atoms with Gasteiger partial charge in [0.25, 0.3) is 0 Å². The van der Waals surface area contributed by atoms with E-state index in [1.54, 1.807) is 25.1 Å². The van der Waals surface area contributed by atoms with Crippen molar-refractivity contribution in [3.63, 3.8) is 0 Å². The third-order valence-electron chi connectivity index (χ3n) is 7.89. The predicted octanol–water partition coefficient (Wildman–Crippen LogP) is 6.95. The molecule has 1 amide bonds. The molecule has 8 nitrogen and oxygen atoms in total. The van der Waals surface area contributed by atoms with E-state index in [1.165, 1.54) is 4.90 Å².